The summed E-state index contributed by atoms with van der Waals surface area (Å²) >= 11 is 0. The Balaban J connectivity index is 1.74. The minimum atomic E-state index is -1.15. The number of nitrogens with zero attached hydrogens (tertiary/aromatic N) is 8. The quantitative estimate of drug-likeness (QED) is 0.392. The molecule has 1 aliphatic heterocycles. The van der Waals surface area contributed by atoms with E-state index in [9.17, 15) is 5.11 Å². The van der Waals surface area contributed by atoms with Crippen molar-refractivity contribution in [3.63, 3.8) is 0 Å². The Bertz CT molecular complexity index is 1600. The molecule has 192 valence electrons. The maximum Gasteiger partial charge on any atom is 0.118 e. The minimum absolute atomic E-state index is 0.0824. The van der Waals surface area contributed by atoms with Crippen molar-refractivity contribution in [1.29, 1.82) is 0 Å². The van der Waals surface area contributed by atoms with Gasteiger partial charge in [-0.15, -0.1) is 5.10 Å². The molecule has 10 heteroatoms. The highest BCUT2D eigenvalue weighted by atomic mass is 16.5. The van der Waals surface area contributed by atoms with Gasteiger partial charge in [0.2, 0.25) is 0 Å². The molecule has 1 N–H and O–H groups in total. The van der Waals surface area contributed by atoms with Crippen molar-refractivity contribution in [2.45, 2.75) is 45.3 Å². The Morgan fingerprint density at radius 3 is 2.65 bits per heavy atom. The van der Waals surface area contributed by atoms with Crippen LogP contribution in [0.4, 0.5) is 0 Å². The van der Waals surface area contributed by atoms with Crippen molar-refractivity contribution < 1.29 is 9.84 Å². The summed E-state index contributed by atoms with van der Waals surface area (Å²) in [4.78, 5) is 9.47. The van der Waals surface area contributed by atoms with Gasteiger partial charge in [-0.3, -0.25) is 14.6 Å². The number of fused-ring (bicyclic) bond motifs is 3. The highest BCUT2D eigenvalue weighted by molar-refractivity contribution is 6.06. The van der Waals surface area contributed by atoms with Gasteiger partial charge in [0.05, 0.1) is 35.6 Å². The summed E-state index contributed by atoms with van der Waals surface area (Å²) in [5, 5.41) is 24.2. The number of aryl methyl sites for hydroxylation is 3. The number of rotatable bonds is 5. The van der Waals surface area contributed by atoms with Gasteiger partial charge in [0.15, 0.2) is 0 Å². The third-order valence-electron chi connectivity index (χ3n) is 7.52. The molecule has 0 aliphatic carbocycles. The smallest absolute Gasteiger partial charge is 0.118 e. The first-order chi connectivity index (χ1) is 17.8. The largest absolute Gasteiger partial charge is 0.384 e. The monoisotopic (exact) mass is 500 g/mol. The number of hydrogen-bond acceptors (Lipinski definition) is 7. The first kappa shape index (κ1) is 23.7. The van der Waals surface area contributed by atoms with Crippen LogP contribution < -0.4 is 0 Å². The molecule has 0 amide bonds. The lowest BCUT2D eigenvalue weighted by molar-refractivity contribution is 0.0406. The third kappa shape index (κ3) is 3.82. The van der Waals surface area contributed by atoms with Crippen molar-refractivity contribution in [2.75, 3.05) is 13.2 Å². The molecule has 6 rings (SSSR count). The lowest BCUT2D eigenvalue weighted by Crippen LogP contribution is -2.29. The van der Waals surface area contributed by atoms with Gasteiger partial charge in [0.25, 0.3) is 0 Å². The standard InChI is InChI=1S/C27H32N8O2/c1-16-8-9-28-13-19(16)23(17-7-6-10-37-15-17)35-20-11-18(21-14-30-32-33(21)4)12-29-22(20)24-25(35)26(27(2,3)36)31-34(24)5/h8-9,11-14,17,23,36H,6-7,10,15H2,1-5H3. The summed E-state index contributed by atoms with van der Waals surface area (Å²) in [5.41, 5.74) is 7.14. The van der Waals surface area contributed by atoms with Crippen LogP contribution in [0.5, 0.6) is 0 Å². The van der Waals surface area contributed by atoms with E-state index in [4.69, 9.17) is 14.8 Å². The lowest BCUT2D eigenvalue weighted by Gasteiger charge is -2.34. The second-order valence-electron chi connectivity index (χ2n) is 10.6. The summed E-state index contributed by atoms with van der Waals surface area (Å²) in [5.74, 6) is 0.215. The fourth-order valence-electron chi connectivity index (χ4n) is 5.74. The maximum atomic E-state index is 11.2. The van der Waals surface area contributed by atoms with Crippen molar-refractivity contribution in [3.8, 4) is 11.3 Å². The molecular formula is C27H32N8O2. The van der Waals surface area contributed by atoms with Crippen molar-refractivity contribution in [1.82, 2.24) is 39.3 Å². The van der Waals surface area contributed by atoms with E-state index in [1.54, 1.807) is 24.7 Å². The summed E-state index contributed by atoms with van der Waals surface area (Å²) < 4.78 is 11.9. The second kappa shape index (κ2) is 8.74. The van der Waals surface area contributed by atoms with Crippen LogP contribution in [0.15, 0.2) is 36.9 Å². The fraction of sp³-hybridized carbons (Fsp3) is 0.444. The van der Waals surface area contributed by atoms with Crippen LogP contribution in [0.3, 0.4) is 0 Å². The van der Waals surface area contributed by atoms with Crippen molar-refractivity contribution in [3.05, 3.63) is 53.7 Å². The Kier molecular flexibility index (Phi) is 5.61. The molecule has 5 aromatic heterocycles. The van der Waals surface area contributed by atoms with Crippen LogP contribution in [0.1, 0.15) is 49.6 Å². The Morgan fingerprint density at radius 1 is 1.14 bits per heavy atom. The van der Waals surface area contributed by atoms with Crippen LogP contribution >= 0.6 is 0 Å². The van der Waals surface area contributed by atoms with Crippen molar-refractivity contribution >= 4 is 22.1 Å². The van der Waals surface area contributed by atoms with Crippen LogP contribution in [0.25, 0.3) is 33.3 Å². The van der Waals surface area contributed by atoms with Crippen LogP contribution in [0.2, 0.25) is 0 Å². The topological polar surface area (TPSA) is 109 Å². The van der Waals surface area contributed by atoms with Crippen LogP contribution in [-0.2, 0) is 24.4 Å². The van der Waals surface area contributed by atoms with Gasteiger partial charge >= 0.3 is 0 Å². The van der Waals surface area contributed by atoms with E-state index in [-0.39, 0.29) is 12.0 Å². The Hall–Kier alpha value is -3.63. The van der Waals surface area contributed by atoms with Crippen LogP contribution in [-0.4, -0.2) is 57.6 Å². The van der Waals surface area contributed by atoms with E-state index in [2.05, 4.69) is 38.9 Å². The molecule has 1 saturated heterocycles. The molecule has 2 unspecified atom stereocenters. The minimum Gasteiger partial charge on any atom is -0.384 e. The summed E-state index contributed by atoms with van der Waals surface area (Å²) in [7, 11) is 3.79. The molecular weight excluding hydrogens is 468 g/mol. The average molecular weight is 501 g/mol. The Morgan fingerprint density at radius 2 is 1.97 bits per heavy atom. The molecule has 1 fully saturated rings. The molecule has 2 atom stereocenters. The third-order valence-corrected chi connectivity index (χ3v) is 7.52. The zero-order chi connectivity index (χ0) is 25.9. The maximum absolute atomic E-state index is 11.2. The molecule has 0 radical (unpaired) electrons. The first-order valence-corrected chi connectivity index (χ1v) is 12.7. The fourth-order valence-corrected chi connectivity index (χ4v) is 5.74. The van der Waals surface area contributed by atoms with Gasteiger partial charge in [0, 0.05) is 50.8 Å². The van der Waals surface area contributed by atoms with Gasteiger partial charge in [-0.1, -0.05) is 5.21 Å². The lowest BCUT2D eigenvalue weighted by atomic mass is 9.87. The predicted octanol–water partition coefficient (Wildman–Crippen LogP) is 3.67. The number of aromatic nitrogens is 8. The molecule has 5 aromatic rings. The number of aliphatic hydroxyl groups is 1. The first-order valence-electron chi connectivity index (χ1n) is 12.7. The van der Waals surface area contributed by atoms with Gasteiger partial charge in [-0.25, -0.2) is 4.68 Å². The van der Waals surface area contributed by atoms with Gasteiger partial charge in [-0.2, -0.15) is 5.10 Å². The number of hydrogen-bond donors (Lipinski definition) is 1. The molecule has 37 heavy (non-hydrogen) atoms. The highest BCUT2D eigenvalue weighted by Crippen LogP contribution is 2.43. The van der Waals surface area contributed by atoms with E-state index in [1.807, 2.05) is 37.4 Å². The molecule has 1 aliphatic rings. The second-order valence-corrected chi connectivity index (χ2v) is 10.6. The summed E-state index contributed by atoms with van der Waals surface area (Å²) in [6.45, 7) is 7.12. The van der Waals surface area contributed by atoms with Gasteiger partial charge < -0.3 is 14.4 Å². The Labute approximate surface area is 214 Å². The van der Waals surface area contributed by atoms with E-state index in [0.29, 0.717) is 12.3 Å². The SMILES string of the molecule is Cc1ccncc1C(C1CCCOC1)n1c2cc(-c3cnnn3C)cnc2c2c1c(C(C)(C)O)nn2C. The molecule has 0 spiro atoms. The van der Waals surface area contributed by atoms with Crippen LogP contribution in [0, 0.1) is 12.8 Å². The highest BCUT2D eigenvalue weighted by Gasteiger charge is 2.36. The zero-order valence-corrected chi connectivity index (χ0v) is 21.9. The summed E-state index contributed by atoms with van der Waals surface area (Å²) in [6.07, 6.45) is 9.43. The molecule has 0 saturated carbocycles. The molecule has 10 nitrogen and oxygen atoms in total. The van der Waals surface area contributed by atoms with E-state index < -0.39 is 5.60 Å². The van der Waals surface area contributed by atoms with E-state index in [1.165, 1.54) is 0 Å². The molecule has 0 bridgehead atoms. The number of ether oxygens (including phenoxy) is 1. The number of pyridine rings is 2. The molecule has 0 aromatic carbocycles. The average Bonchev–Trinajstić information content (AvgIpc) is 3.55. The predicted molar refractivity (Wildman–Crippen MR) is 140 cm³/mol. The van der Waals surface area contributed by atoms with E-state index >= 15 is 0 Å². The summed E-state index contributed by atoms with van der Waals surface area (Å²) in [6, 6.07) is 4.12. The van der Waals surface area contributed by atoms with Gasteiger partial charge in [0.1, 0.15) is 22.3 Å². The van der Waals surface area contributed by atoms with E-state index in [0.717, 1.165) is 63.9 Å². The normalized spacial score (nSPS) is 17.6. The van der Waals surface area contributed by atoms with Crippen molar-refractivity contribution in [2.24, 2.45) is 20.0 Å². The van der Waals surface area contributed by atoms with Gasteiger partial charge in [-0.05, 0) is 56.9 Å². The molecule has 6 heterocycles. The zero-order valence-electron chi connectivity index (χ0n) is 21.9.